The van der Waals surface area contributed by atoms with Crippen molar-refractivity contribution in [1.29, 1.82) is 0 Å². The quantitative estimate of drug-likeness (QED) is 0.0670. The number of ether oxygens (including phenoxy) is 2. The summed E-state index contributed by atoms with van der Waals surface area (Å²) >= 11 is 0. The van der Waals surface area contributed by atoms with Crippen LogP contribution in [0.15, 0.2) is 304 Å². The van der Waals surface area contributed by atoms with Crippen LogP contribution in [-0.2, 0) is 10.8 Å². The van der Waals surface area contributed by atoms with Crippen LogP contribution in [0.25, 0.3) is 45.5 Å². The molecule has 0 radical (unpaired) electrons. The maximum absolute atomic E-state index is 15.9. The van der Waals surface area contributed by atoms with Gasteiger partial charge in [-0.3, -0.25) is 0 Å². The summed E-state index contributed by atoms with van der Waals surface area (Å²) in [6, 6.07) is 79.9. The molecule has 14 aromatic rings. The standard InChI is InChI=1S/C90H54F10N2O2/c1-3-53-13-33-67(34-14-53)103-69-37-21-57(22-38-69)89(59-45-83(95)87(99)84(96)46-59)75-11-7-5-9-71(75)73-41-29-63(49-77(73)89)101(65-31-43-79(91)81(93)51-65)61-25-17-55(18-26-61)56-19-27-62(28-20-56)102(66-32-44-80(92)82(94)52-66)64-30-42-74-72-10-6-8-12-76(72)90(78(74)50-64,60-47-85(97)88(100)86(98)48-60)58-23-39-70(40-24-58)104-68-35-15-54(4-2)16-36-68/h3-52H,1-2H2. The number of hydrogen-bond acceptors (Lipinski definition) is 4. The number of benzene rings is 14. The first-order chi connectivity index (χ1) is 50.5. The third-order valence-electron chi connectivity index (χ3n) is 19.6. The Bertz CT molecular complexity index is 5330. The second-order valence-electron chi connectivity index (χ2n) is 25.3. The van der Waals surface area contributed by atoms with Crippen LogP contribution in [0.4, 0.5) is 78.0 Å². The van der Waals surface area contributed by atoms with Gasteiger partial charge >= 0.3 is 0 Å². The molecule has 16 rings (SSSR count). The van der Waals surface area contributed by atoms with Gasteiger partial charge in [0.2, 0.25) is 0 Å². The minimum atomic E-state index is -1.64. The van der Waals surface area contributed by atoms with Gasteiger partial charge in [-0.15, -0.1) is 0 Å². The fourth-order valence-corrected chi connectivity index (χ4v) is 14.8. The van der Waals surface area contributed by atoms with E-state index in [1.165, 1.54) is 12.1 Å². The van der Waals surface area contributed by atoms with E-state index in [1.54, 1.807) is 143 Å². The molecule has 0 saturated heterocycles. The average Bonchev–Trinajstić information content (AvgIpc) is 1.53. The minimum Gasteiger partial charge on any atom is -0.457 e. The summed E-state index contributed by atoms with van der Waals surface area (Å²) in [5.74, 6) is -11.4. The van der Waals surface area contributed by atoms with Crippen molar-refractivity contribution in [2.75, 3.05) is 9.80 Å². The van der Waals surface area contributed by atoms with Crippen molar-refractivity contribution in [3.05, 3.63) is 418 Å². The number of halogens is 10. The predicted octanol–water partition coefficient (Wildman–Crippen LogP) is 25.3. The Morgan fingerprint density at radius 1 is 0.250 bits per heavy atom. The monoisotopic (exact) mass is 1380 g/mol. The molecule has 14 heteroatoms. The molecule has 0 aliphatic heterocycles. The van der Waals surface area contributed by atoms with Crippen LogP contribution in [0, 0.1) is 58.2 Å². The van der Waals surface area contributed by atoms with Crippen molar-refractivity contribution < 1.29 is 53.4 Å². The van der Waals surface area contributed by atoms with Crippen molar-refractivity contribution in [3.63, 3.8) is 0 Å². The Balaban J connectivity index is 0.788. The minimum absolute atomic E-state index is 0.0719. The van der Waals surface area contributed by atoms with E-state index in [4.69, 9.17) is 9.47 Å². The lowest BCUT2D eigenvalue weighted by Gasteiger charge is -2.35. The summed E-state index contributed by atoms with van der Waals surface area (Å²) in [6.07, 6.45) is 3.42. The van der Waals surface area contributed by atoms with Gasteiger partial charge in [-0.2, -0.15) is 0 Å². The normalized spacial score (nSPS) is 14.6. The Morgan fingerprint density at radius 3 is 0.885 bits per heavy atom. The Labute approximate surface area is 591 Å². The molecule has 0 spiro atoms. The molecule has 2 atom stereocenters. The van der Waals surface area contributed by atoms with Gasteiger partial charge < -0.3 is 19.3 Å². The fourth-order valence-electron chi connectivity index (χ4n) is 14.8. The van der Waals surface area contributed by atoms with Gasteiger partial charge in [-0.25, -0.2) is 43.9 Å². The Hall–Kier alpha value is -12.9. The van der Waals surface area contributed by atoms with Crippen LogP contribution in [0.2, 0.25) is 0 Å². The smallest absolute Gasteiger partial charge is 0.194 e. The third kappa shape index (κ3) is 11.1. The largest absolute Gasteiger partial charge is 0.457 e. The predicted molar refractivity (Wildman–Crippen MR) is 389 cm³/mol. The molecule has 0 bridgehead atoms. The molecule has 0 amide bonds. The van der Waals surface area contributed by atoms with Gasteiger partial charge in [0, 0.05) is 46.3 Å². The first-order valence-electron chi connectivity index (χ1n) is 33.0. The van der Waals surface area contributed by atoms with Crippen molar-refractivity contribution in [2.24, 2.45) is 0 Å². The summed E-state index contributed by atoms with van der Waals surface area (Å²) in [5, 5.41) is 0. The second kappa shape index (κ2) is 26.2. The van der Waals surface area contributed by atoms with E-state index in [0.29, 0.717) is 101 Å². The van der Waals surface area contributed by atoms with Crippen LogP contribution in [0.3, 0.4) is 0 Å². The van der Waals surface area contributed by atoms with E-state index in [2.05, 4.69) is 13.2 Å². The molecule has 2 unspecified atom stereocenters. The highest BCUT2D eigenvalue weighted by Crippen LogP contribution is 2.60. The van der Waals surface area contributed by atoms with Gasteiger partial charge in [0.05, 0.1) is 10.8 Å². The topological polar surface area (TPSA) is 24.9 Å². The van der Waals surface area contributed by atoms with Crippen LogP contribution in [0.5, 0.6) is 23.0 Å². The zero-order chi connectivity index (χ0) is 71.7. The van der Waals surface area contributed by atoms with Crippen LogP contribution in [-0.4, -0.2) is 0 Å². The molecule has 0 saturated carbocycles. The molecule has 0 heterocycles. The van der Waals surface area contributed by atoms with Gasteiger partial charge in [0.1, 0.15) is 23.0 Å². The molecular formula is C90H54F10N2O2. The van der Waals surface area contributed by atoms with Crippen molar-refractivity contribution in [1.82, 2.24) is 0 Å². The number of fused-ring (bicyclic) bond motifs is 6. The number of anilines is 6. The lowest BCUT2D eigenvalue weighted by Crippen LogP contribution is -2.29. The summed E-state index contributed by atoms with van der Waals surface area (Å²) < 4.78 is 168. The molecule has 104 heavy (non-hydrogen) atoms. The van der Waals surface area contributed by atoms with Gasteiger partial charge in [-0.05, 0) is 235 Å². The van der Waals surface area contributed by atoms with E-state index in [-0.39, 0.29) is 22.5 Å². The van der Waals surface area contributed by atoms with E-state index in [1.807, 2.05) is 109 Å². The maximum atomic E-state index is 15.9. The zero-order valence-corrected chi connectivity index (χ0v) is 54.8. The summed E-state index contributed by atoms with van der Waals surface area (Å²) in [7, 11) is 0. The lowest BCUT2D eigenvalue weighted by atomic mass is 9.67. The molecule has 0 N–H and O–H groups in total. The highest BCUT2D eigenvalue weighted by molar-refractivity contribution is 5.92. The second-order valence-corrected chi connectivity index (χ2v) is 25.3. The van der Waals surface area contributed by atoms with Gasteiger partial charge in [0.15, 0.2) is 58.2 Å². The van der Waals surface area contributed by atoms with Gasteiger partial charge in [0.25, 0.3) is 0 Å². The van der Waals surface area contributed by atoms with Gasteiger partial charge in [-0.1, -0.05) is 159 Å². The molecule has 506 valence electrons. The Morgan fingerprint density at radius 2 is 0.548 bits per heavy atom. The zero-order valence-electron chi connectivity index (χ0n) is 54.8. The summed E-state index contributed by atoms with van der Waals surface area (Å²) in [5.41, 5.74) is 8.67. The molecule has 2 aliphatic carbocycles. The van der Waals surface area contributed by atoms with Crippen molar-refractivity contribution >= 4 is 46.3 Å². The molecule has 0 aromatic heterocycles. The van der Waals surface area contributed by atoms with E-state index in [9.17, 15) is 0 Å². The average molecular weight is 1390 g/mol. The number of rotatable bonds is 17. The lowest BCUT2D eigenvalue weighted by molar-refractivity contribution is 0.443. The number of nitrogens with zero attached hydrogens (tertiary/aromatic N) is 2. The van der Waals surface area contributed by atoms with Crippen molar-refractivity contribution in [2.45, 2.75) is 10.8 Å². The SMILES string of the molecule is C=Cc1ccc(Oc2ccc(C3(c4cc(F)c(F)c(F)c4)c4ccccc4-c4ccc(N(c5ccc(-c6ccc(N(c7ccc(F)c(F)c7)c7ccc8c(c7)C(c7ccc(Oc9ccc(C=C)cc9)cc7)(c7cc(F)c(F)c(F)c7)c7ccccc7-8)cc6)cc5)c5ccc(F)c(F)c5)cc43)cc2)cc1. The molecule has 14 aromatic carbocycles. The van der Waals surface area contributed by atoms with E-state index < -0.39 is 69.0 Å². The maximum Gasteiger partial charge on any atom is 0.194 e. The van der Waals surface area contributed by atoms with E-state index >= 15 is 43.9 Å². The van der Waals surface area contributed by atoms with Crippen LogP contribution in [0.1, 0.15) is 55.6 Å². The first kappa shape index (κ1) is 65.7. The van der Waals surface area contributed by atoms with Crippen molar-refractivity contribution in [3.8, 4) is 56.4 Å². The van der Waals surface area contributed by atoms with Crippen LogP contribution < -0.4 is 19.3 Å². The molecule has 0 fully saturated rings. The molecule has 4 nitrogen and oxygen atoms in total. The third-order valence-corrected chi connectivity index (χ3v) is 19.6. The number of hydrogen-bond donors (Lipinski definition) is 0. The van der Waals surface area contributed by atoms with Crippen LogP contribution >= 0.6 is 0 Å². The fraction of sp³-hybridized carbons (Fsp3) is 0.0222. The van der Waals surface area contributed by atoms with E-state index in [0.717, 1.165) is 70.8 Å². The first-order valence-corrected chi connectivity index (χ1v) is 33.0. The summed E-state index contributed by atoms with van der Waals surface area (Å²) in [4.78, 5) is 3.43. The molecule has 2 aliphatic rings. The molecular weight excluding hydrogens is 1330 g/mol. The summed E-state index contributed by atoms with van der Waals surface area (Å²) in [6.45, 7) is 7.64. The Kier molecular flexibility index (Phi) is 16.6. The highest BCUT2D eigenvalue weighted by Gasteiger charge is 2.49. The highest BCUT2D eigenvalue weighted by atomic mass is 19.2.